The summed E-state index contributed by atoms with van der Waals surface area (Å²) >= 11 is 0. The molecule has 0 N–H and O–H groups in total. The molecule has 0 atom stereocenters. The summed E-state index contributed by atoms with van der Waals surface area (Å²) in [5.41, 5.74) is 1.84. The van der Waals surface area contributed by atoms with E-state index in [1.54, 1.807) is 24.8 Å². The maximum absolute atomic E-state index is 5.35. The van der Waals surface area contributed by atoms with Crippen molar-refractivity contribution in [3.05, 3.63) is 54.6 Å². The largest absolute Gasteiger partial charge is 0.339 e. The molecule has 3 aromatic heterocycles. The summed E-state index contributed by atoms with van der Waals surface area (Å²) in [6, 6.07) is 4.04. The number of aromatic nitrogens is 5. The zero-order valence-corrected chi connectivity index (χ0v) is 11.8. The van der Waals surface area contributed by atoms with Gasteiger partial charge in [-0.05, 0) is 11.6 Å². The topological polar surface area (TPSA) is 80.8 Å². The van der Waals surface area contributed by atoms with Crippen LogP contribution in [0.1, 0.15) is 17.4 Å². The Morgan fingerprint density at radius 3 is 2.82 bits per heavy atom. The second-order valence-corrected chi connectivity index (χ2v) is 5.30. The fourth-order valence-electron chi connectivity index (χ4n) is 2.52. The first-order valence-electron chi connectivity index (χ1n) is 7.10. The van der Waals surface area contributed by atoms with Gasteiger partial charge in [0, 0.05) is 44.4 Å². The van der Waals surface area contributed by atoms with Gasteiger partial charge in [-0.3, -0.25) is 14.9 Å². The zero-order valence-electron chi connectivity index (χ0n) is 11.8. The fraction of sp³-hybridized carbons (Fsp3) is 0.267. The third kappa shape index (κ3) is 2.58. The van der Waals surface area contributed by atoms with Crippen LogP contribution in [0.25, 0.3) is 11.5 Å². The average molecular weight is 294 g/mol. The average Bonchev–Trinajstić information content (AvgIpc) is 3.02. The van der Waals surface area contributed by atoms with Gasteiger partial charge >= 0.3 is 0 Å². The van der Waals surface area contributed by atoms with Crippen molar-refractivity contribution in [2.75, 3.05) is 13.1 Å². The van der Waals surface area contributed by atoms with Crippen molar-refractivity contribution in [2.24, 2.45) is 0 Å². The molecule has 0 spiro atoms. The maximum Gasteiger partial charge on any atom is 0.232 e. The van der Waals surface area contributed by atoms with Gasteiger partial charge in [-0.15, -0.1) is 0 Å². The Morgan fingerprint density at radius 1 is 1.14 bits per heavy atom. The van der Waals surface area contributed by atoms with E-state index in [2.05, 4.69) is 36.1 Å². The molecule has 1 saturated heterocycles. The van der Waals surface area contributed by atoms with Crippen molar-refractivity contribution in [3.8, 4) is 11.5 Å². The summed E-state index contributed by atoms with van der Waals surface area (Å²) in [5, 5.41) is 3.98. The molecule has 110 valence electrons. The minimum atomic E-state index is 0.287. The summed E-state index contributed by atoms with van der Waals surface area (Å²) < 4.78 is 5.35. The highest BCUT2D eigenvalue weighted by atomic mass is 16.5. The van der Waals surface area contributed by atoms with Crippen LogP contribution >= 0.6 is 0 Å². The third-order valence-corrected chi connectivity index (χ3v) is 3.67. The lowest BCUT2D eigenvalue weighted by Crippen LogP contribution is -2.44. The second-order valence-electron chi connectivity index (χ2n) is 5.30. The van der Waals surface area contributed by atoms with E-state index in [0.29, 0.717) is 17.4 Å². The van der Waals surface area contributed by atoms with Gasteiger partial charge in [-0.2, -0.15) is 4.98 Å². The molecule has 0 unspecified atom stereocenters. The molecule has 0 aromatic carbocycles. The number of nitrogens with zero attached hydrogens (tertiary/aromatic N) is 6. The van der Waals surface area contributed by atoms with Crippen LogP contribution in [0.15, 0.2) is 47.6 Å². The van der Waals surface area contributed by atoms with Gasteiger partial charge in [-0.1, -0.05) is 11.2 Å². The van der Waals surface area contributed by atoms with E-state index in [0.717, 1.165) is 19.6 Å². The third-order valence-electron chi connectivity index (χ3n) is 3.67. The van der Waals surface area contributed by atoms with Crippen LogP contribution in [0.3, 0.4) is 0 Å². The molecule has 0 amide bonds. The zero-order chi connectivity index (χ0) is 14.8. The predicted molar refractivity (Wildman–Crippen MR) is 77.6 cm³/mol. The monoisotopic (exact) mass is 294 g/mol. The molecule has 1 fully saturated rings. The quantitative estimate of drug-likeness (QED) is 0.721. The number of rotatable bonds is 4. The molecular weight excluding hydrogens is 280 g/mol. The molecule has 1 aliphatic rings. The SMILES string of the molecule is c1cncc(CN2CC(c3nc(-c4cnccn4)no3)C2)c1. The van der Waals surface area contributed by atoms with E-state index >= 15 is 0 Å². The number of pyridine rings is 1. The summed E-state index contributed by atoms with van der Waals surface area (Å²) in [5.74, 6) is 1.45. The molecule has 0 aliphatic carbocycles. The maximum atomic E-state index is 5.35. The summed E-state index contributed by atoms with van der Waals surface area (Å²) in [7, 11) is 0. The van der Waals surface area contributed by atoms with Crippen LogP contribution in [0.2, 0.25) is 0 Å². The van der Waals surface area contributed by atoms with E-state index in [-0.39, 0.29) is 5.92 Å². The Morgan fingerprint density at radius 2 is 2.05 bits per heavy atom. The predicted octanol–water partition coefficient (Wildman–Crippen LogP) is 1.52. The van der Waals surface area contributed by atoms with Crippen molar-refractivity contribution in [2.45, 2.75) is 12.5 Å². The van der Waals surface area contributed by atoms with Crippen molar-refractivity contribution in [1.82, 2.24) is 30.0 Å². The summed E-state index contributed by atoms with van der Waals surface area (Å²) in [6.45, 7) is 2.73. The first-order chi connectivity index (χ1) is 10.9. The smallest absolute Gasteiger partial charge is 0.232 e. The molecule has 7 heteroatoms. The van der Waals surface area contributed by atoms with Gasteiger partial charge in [0.1, 0.15) is 5.69 Å². The molecule has 0 radical (unpaired) electrons. The van der Waals surface area contributed by atoms with Crippen molar-refractivity contribution in [3.63, 3.8) is 0 Å². The lowest BCUT2D eigenvalue weighted by atomic mass is 9.99. The van der Waals surface area contributed by atoms with E-state index in [1.807, 2.05) is 12.3 Å². The van der Waals surface area contributed by atoms with Gasteiger partial charge in [0.25, 0.3) is 0 Å². The molecule has 4 rings (SSSR count). The molecule has 7 nitrogen and oxygen atoms in total. The van der Waals surface area contributed by atoms with Crippen LogP contribution in [0.5, 0.6) is 0 Å². The van der Waals surface area contributed by atoms with Gasteiger partial charge in [0.05, 0.1) is 12.1 Å². The molecule has 1 aliphatic heterocycles. The number of hydrogen-bond donors (Lipinski definition) is 0. The van der Waals surface area contributed by atoms with Crippen molar-refractivity contribution in [1.29, 1.82) is 0 Å². The minimum absolute atomic E-state index is 0.287. The Bertz CT molecular complexity index is 739. The van der Waals surface area contributed by atoms with Crippen LogP contribution in [-0.2, 0) is 6.54 Å². The van der Waals surface area contributed by atoms with Gasteiger partial charge < -0.3 is 4.52 Å². The first kappa shape index (κ1) is 13.0. The lowest BCUT2D eigenvalue weighted by Gasteiger charge is -2.36. The van der Waals surface area contributed by atoms with Crippen LogP contribution < -0.4 is 0 Å². The highest BCUT2D eigenvalue weighted by Crippen LogP contribution is 2.28. The van der Waals surface area contributed by atoms with Crippen LogP contribution in [-0.4, -0.2) is 43.1 Å². The van der Waals surface area contributed by atoms with E-state index < -0.39 is 0 Å². The fourth-order valence-corrected chi connectivity index (χ4v) is 2.52. The van der Waals surface area contributed by atoms with Crippen LogP contribution in [0.4, 0.5) is 0 Å². The normalized spacial score (nSPS) is 15.6. The van der Waals surface area contributed by atoms with E-state index in [9.17, 15) is 0 Å². The van der Waals surface area contributed by atoms with Crippen molar-refractivity contribution >= 4 is 0 Å². The van der Waals surface area contributed by atoms with Crippen molar-refractivity contribution < 1.29 is 4.52 Å². The Kier molecular flexibility index (Phi) is 3.32. The minimum Gasteiger partial charge on any atom is -0.339 e. The summed E-state index contributed by atoms with van der Waals surface area (Å²) in [6.07, 6.45) is 8.54. The summed E-state index contributed by atoms with van der Waals surface area (Å²) in [4.78, 5) is 19.1. The molecule has 3 aromatic rings. The molecule has 0 bridgehead atoms. The number of hydrogen-bond acceptors (Lipinski definition) is 7. The first-order valence-corrected chi connectivity index (χ1v) is 7.10. The second kappa shape index (κ2) is 5.61. The lowest BCUT2D eigenvalue weighted by molar-refractivity contribution is 0.117. The van der Waals surface area contributed by atoms with Crippen LogP contribution in [0, 0.1) is 0 Å². The standard InChI is InChI=1S/C15H14N6O/c1-2-11(6-16-3-1)8-21-9-12(10-21)15-19-14(20-22-15)13-7-17-4-5-18-13/h1-7,12H,8-10H2. The molecule has 4 heterocycles. The molecule has 0 saturated carbocycles. The Labute approximate surface area is 127 Å². The van der Waals surface area contributed by atoms with E-state index in [4.69, 9.17) is 4.52 Å². The van der Waals surface area contributed by atoms with Gasteiger partial charge in [0.2, 0.25) is 11.7 Å². The Balaban J connectivity index is 1.38. The van der Waals surface area contributed by atoms with Gasteiger partial charge in [0.15, 0.2) is 0 Å². The Hall–Kier alpha value is -2.67. The number of likely N-dealkylation sites (tertiary alicyclic amines) is 1. The van der Waals surface area contributed by atoms with E-state index in [1.165, 1.54) is 5.56 Å². The molecular formula is C15H14N6O. The molecule has 22 heavy (non-hydrogen) atoms. The highest BCUT2D eigenvalue weighted by molar-refractivity contribution is 5.45. The highest BCUT2D eigenvalue weighted by Gasteiger charge is 2.32. The van der Waals surface area contributed by atoms with Gasteiger partial charge in [-0.25, -0.2) is 4.98 Å².